The number of ether oxygens (including phenoxy) is 3. The largest absolute Gasteiger partial charge is 0.497 e. The lowest BCUT2D eigenvalue weighted by molar-refractivity contribution is 0.0266. The molecule has 6 heteroatoms. The normalized spacial score (nSPS) is 13.0. The Kier molecular flexibility index (Phi) is 8.26. The first-order valence-corrected chi connectivity index (χ1v) is 7.92. The predicted molar refractivity (Wildman–Crippen MR) is 94.5 cm³/mol. The van der Waals surface area contributed by atoms with Crippen LogP contribution < -0.4 is 20.5 Å². The van der Waals surface area contributed by atoms with E-state index in [1.807, 2.05) is 25.1 Å². The van der Waals surface area contributed by atoms with Crippen LogP contribution in [0.25, 0.3) is 0 Å². The van der Waals surface area contributed by atoms with Crippen LogP contribution in [0, 0.1) is 5.92 Å². The van der Waals surface area contributed by atoms with E-state index < -0.39 is 0 Å². The highest BCUT2D eigenvalue weighted by Gasteiger charge is 2.12. The van der Waals surface area contributed by atoms with Crippen molar-refractivity contribution >= 4 is 11.6 Å². The number of guanidine groups is 1. The molecule has 1 atom stereocenters. The summed E-state index contributed by atoms with van der Waals surface area (Å²) in [5, 5.41) is 3.05. The molecule has 0 aliphatic rings. The zero-order chi connectivity index (χ0) is 17.2. The van der Waals surface area contributed by atoms with Crippen molar-refractivity contribution in [3.8, 4) is 11.5 Å². The van der Waals surface area contributed by atoms with Gasteiger partial charge in [0.15, 0.2) is 5.96 Å². The molecular formula is C17H29N3O3. The topological polar surface area (TPSA) is 78.1 Å². The van der Waals surface area contributed by atoms with Crippen molar-refractivity contribution in [2.24, 2.45) is 16.6 Å². The Balaban J connectivity index is 2.66. The van der Waals surface area contributed by atoms with E-state index in [2.05, 4.69) is 24.2 Å². The van der Waals surface area contributed by atoms with Gasteiger partial charge in [0, 0.05) is 19.2 Å². The molecule has 3 N–H and O–H groups in total. The fraction of sp³-hybridized carbons (Fsp3) is 0.588. The maximum atomic E-state index is 5.96. The van der Waals surface area contributed by atoms with Crippen molar-refractivity contribution in [3.63, 3.8) is 0 Å². The first-order chi connectivity index (χ1) is 11.0. The summed E-state index contributed by atoms with van der Waals surface area (Å²) in [7, 11) is 3.22. The fourth-order valence-corrected chi connectivity index (χ4v) is 2.22. The molecule has 0 amide bonds. The first kappa shape index (κ1) is 19.1. The molecule has 130 valence electrons. The summed E-state index contributed by atoms with van der Waals surface area (Å²) < 4.78 is 16.2. The Labute approximate surface area is 139 Å². The molecule has 0 radical (unpaired) electrons. The van der Waals surface area contributed by atoms with E-state index in [0.717, 1.165) is 17.9 Å². The number of nitrogens with zero attached hydrogens (tertiary/aromatic N) is 1. The molecule has 1 rings (SSSR count). The van der Waals surface area contributed by atoms with Gasteiger partial charge < -0.3 is 25.3 Å². The Bertz CT molecular complexity index is 504. The van der Waals surface area contributed by atoms with Crippen molar-refractivity contribution in [3.05, 3.63) is 18.2 Å². The Morgan fingerprint density at radius 3 is 2.57 bits per heavy atom. The fourth-order valence-electron chi connectivity index (χ4n) is 2.22. The Hall–Kier alpha value is -1.95. The van der Waals surface area contributed by atoms with Crippen LogP contribution in [0.2, 0.25) is 0 Å². The van der Waals surface area contributed by atoms with Gasteiger partial charge in [-0.25, -0.2) is 0 Å². The number of nitrogens with one attached hydrogen (secondary N) is 1. The second kappa shape index (κ2) is 9.94. The average Bonchev–Trinajstić information content (AvgIpc) is 2.53. The van der Waals surface area contributed by atoms with E-state index in [1.165, 1.54) is 0 Å². The van der Waals surface area contributed by atoms with Gasteiger partial charge in [-0.1, -0.05) is 13.8 Å². The molecule has 0 spiro atoms. The van der Waals surface area contributed by atoms with Gasteiger partial charge in [0.05, 0.1) is 26.0 Å². The summed E-state index contributed by atoms with van der Waals surface area (Å²) in [4.78, 5) is 4.36. The summed E-state index contributed by atoms with van der Waals surface area (Å²) in [5.41, 5.74) is 6.68. The molecule has 6 nitrogen and oxygen atoms in total. The molecule has 23 heavy (non-hydrogen) atoms. The number of nitrogens with two attached hydrogens (primary N) is 1. The van der Waals surface area contributed by atoms with Gasteiger partial charge in [-0.3, -0.25) is 4.99 Å². The van der Waals surface area contributed by atoms with Crippen molar-refractivity contribution in [1.29, 1.82) is 0 Å². The summed E-state index contributed by atoms with van der Waals surface area (Å²) in [6, 6.07) is 5.46. The van der Waals surface area contributed by atoms with E-state index in [9.17, 15) is 0 Å². The SMILES string of the molecule is CCOC(CCN=C(N)Nc1cc(OC)ccc1OC)C(C)C. The van der Waals surface area contributed by atoms with E-state index in [4.69, 9.17) is 19.9 Å². The van der Waals surface area contributed by atoms with Gasteiger partial charge in [-0.15, -0.1) is 0 Å². The molecular weight excluding hydrogens is 294 g/mol. The van der Waals surface area contributed by atoms with Crippen LogP contribution in [0.1, 0.15) is 27.2 Å². The highest BCUT2D eigenvalue weighted by molar-refractivity contribution is 5.93. The number of rotatable bonds is 9. The number of aliphatic imine (C=N–C) groups is 1. The average molecular weight is 323 g/mol. The van der Waals surface area contributed by atoms with Crippen LogP contribution in [-0.2, 0) is 4.74 Å². The molecule has 1 aromatic carbocycles. The monoisotopic (exact) mass is 323 g/mol. The van der Waals surface area contributed by atoms with Gasteiger partial charge in [0.1, 0.15) is 11.5 Å². The van der Waals surface area contributed by atoms with Crippen LogP contribution >= 0.6 is 0 Å². The van der Waals surface area contributed by atoms with Gasteiger partial charge >= 0.3 is 0 Å². The molecule has 0 bridgehead atoms. The standard InChI is InChI=1S/C17H29N3O3/c1-6-23-15(12(2)3)9-10-19-17(18)20-14-11-13(21-4)7-8-16(14)22-5/h7-8,11-12,15H,6,9-10H2,1-5H3,(H3,18,19,20). The van der Waals surface area contributed by atoms with E-state index in [-0.39, 0.29) is 6.10 Å². The van der Waals surface area contributed by atoms with Crippen LogP contribution in [0.3, 0.4) is 0 Å². The van der Waals surface area contributed by atoms with E-state index >= 15 is 0 Å². The van der Waals surface area contributed by atoms with Gasteiger partial charge in [0.2, 0.25) is 0 Å². The van der Waals surface area contributed by atoms with E-state index in [0.29, 0.717) is 30.8 Å². The predicted octanol–water partition coefficient (Wildman–Crippen LogP) is 2.88. The van der Waals surface area contributed by atoms with Gasteiger partial charge in [-0.05, 0) is 31.4 Å². The van der Waals surface area contributed by atoms with E-state index in [1.54, 1.807) is 14.2 Å². The van der Waals surface area contributed by atoms with Crippen LogP contribution in [0.5, 0.6) is 11.5 Å². The maximum absolute atomic E-state index is 5.96. The Morgan fingerprint density at radius 1 is 1.26 bits per heavy atom. The minimum Gasteiger partial charge on any atom is -0.497 e. The number of hydrogen-bond acceptors (Lipinski definition) is 4. The molecule has 0 aliphatic heterocycles. The summed E-state index contributed by atoms with van der Waals surface area (Å²) in [5.74, 6) is 2.20. The van der Waals surface area contributed by atoms with Crippen LogP contribution in [0.4, 0.5) is 5.69 Å². The lowest BCUT2D eigenvalue weighted by atomic mass is 10.0. The third-order valence-corrected chi connectivity index (χ3v) is 3.49. The summed E-state index contributed by atoms with van der Waals surface area (Å²) >= 11 is 0. The molecule has 0 aromatic heterocycles. The molecule has 0 aliphatic carbocycles. The number of methoxy groups -OCH3 is 2. The molecule has 0 saturated carbocycles. The van der Waals surface area contributed by atoms with Crippen molar-refractivity contribution in [2.75, 3.05) is 32.7 Å². The Morgan fingerprint density at radius 2 is 2.00 bits per heavy atom. The lowest BCUT2D eigenvalue weighted by Crippen LogP contribution is -2.25. The van der Waals surface area contributed by atoms with Crippen LogP contribution in [0.15, 0.2) is 23.2 Å². The third kappa shape index (κ3) is 6.36. The minimum absolute atomic E-state index is 0.197. The highest BCUT2D eigenvalue weighted by atomic mass is 16.5. The van der Waals surface area contributed by atoms with Crippen molar-refractivity contribution in [2.45, 2.75) is 33.3 Å². The third-order valence-electron chi connectivity index (χ3n) is 3.49. The molecule has 0 heterocycles. The molecule has 1 aromatic rings. The summed E-state index contributed by atoms with van der Waals surface area (Å²) in [6.07, 6.45) is 1.03. The van der Waals surface area contributed by atoms with Gasteiger partial charge in [-0.2, -0.15) is 0 Å². The lowest BCUT2D eigenvalue weighted by Gasteiger charge is -2.19. The first-order valence-electron chi connectivity index (χ1n) is 7.92. The number of benzene rings is 1. The van der Waals surface area contributed by atoms with Crippen LogP contribution in [-0.4, -0.2) is 39.4 Å². The molecule has 0 fully saturated rings. The molecule has 1 unspecified atom stereocenters. The maximum Gasteiger partial charge on any atom is 0.193 e. The second-order valence-electron chi connectivity index (χ2n) is 5.48. The number of anilines is 1. The quantitative estimate of drug-likeness (QED) is 0.540. The van der Waals surface area contributed by atoms with Crippen molar-refractivity contribution < 1.29 is 14.2 Å². The zero-order valence-corrected chi connectivity index (χ0v) is 14.8. The number of hydrogen-bond donors (Lipinski definition) is 2. The minimum atomic E-state index is 0.197. The smallest absolute Gasteiger partial charge is 0.193 e. The summed E-state index contributed by atoms with van der Waals surface area (Å²) in [6.45, 7) is 7.61. The second-order valence-corrected chi connectivity index (χ2v) is 5.48. The van der Waals surface area contributed by atoms with Crippen molar-refractivity contribution in [1.82, 2.24) is 0 Å². The molecule has 0 saturated heterocycles. The van der Waals surface area contributed by atoms with Gasteiger partial charge in [0.25, 0.3) is 0 Å². The zero-order valence-electron chi connectivity index (χ0n) is 14.8. The highest BCUT2D eigenvalue weighted by Crippen LogP contribution is 2.28.